The lowest BCUT2D eigenvalue weighted by molar-refractivity contribution is -0.298. The summed E-state index contributed by atoms with van der Waals surface area (Å²) >= 11 is 0. The lowest BCUT2D eigenvalue weighted by atomic mass is 9.99. The second-order valence-corrected chi connectivity index (χ2v) is 11.4. The Balaban J connectivity index is 1.39. The SMILES string of the molecule is COc1cc([C@@H](O)[C@@H](CO)Oc2ccc(C=CCO[C@@H]3O[C@H](CO)[C@@H](O)[C@H](O)[C@H]3O)cc2OC)ccc1O[C@@H]1O[C@H](CO)[C@@H](O)[C@H](O)[C@H]1O. The van der Waals surface area contributed by atoms with E-state index in [1.165, 1.54) is 32.4 Å². The van der Waals surface area contributed by atoms with E-state index in [1.54, 1.807) is 30.4 Å². The van der Waals surface area contributed by atoms with Gasteiger partial charge in [0.1, 0.15) is 54.9 Å². The van der Waals surface area contributed by atoms with Crippen LogP contribution in [-0.2, 0) is 14.2 Å². The normalized spacial score (nSPS) is 31.7. The molecular formula is C32H44O17. The van der Waals surface area contributed by atoms with Gasteiger partial charge in [-0.25, -0.2) is 0 Å². The first-order valence-corrected chi connectivity index (χ1v) is 15.3. The zero-order valence-electron chi connectivity index (χ0n) is 26.7. The first-order valence-electron chi connectivity index (χ1n) is 15.3. The van der Waals surface area contributed by atoms with Gasteiger partial charge < -0.3 is 84.2 Å². The molecule has 0 radical (unpaired) electrons. The number of aliphatic hydroxyl groups excluding tert-OH is 10. The quantitative estimate of drug-likeness (QED) is 0.0898. The zero-order valence-corrected chi connectivity index (χ0v) is 26.7. The van der Waals surface area contributed by atoms with Crippen LogP contribution in [-0.4, -0.2) is 159 Å². The molecule has 2 aromatic carbocycles. The Morgan fingerprint density at radius 2 is 1.27 bits per heavy atom. The van der Waals surface area contributed by atoms with Crippen molar-refractivity contribution in [1.29, 1.82) is 0 Å². The number of methoxy groups -OCH3 is 2. The topological polar surface area (TPSA) is 267 Å². The van der Waals surface area contributed by atoms with Crippen molar-refractivity contribution in [1.82, 2.24) is 0 Å². The highest BCUT2D eigenvalue weighted by Crippen LogP contribution is 2.36. The molecule has 49 heavy (non-hydrogen) atoms. The van der Waals surface area contributed by atoms with Gasteiger partial charge in [0.2, 0.25) is 6.29 Å². The fraction of sp³-hybridized carbons (Fsp3) is 0.562. The van der Waals surface area contributed by atoms with E-state index in [-0.39, 0.29) is 35.2 Å². The molecule has 4 rings (SSSR count). The van der Waals surface area contributed by atoms with Gasteiger partial charge in [0.15, 0.2) is 35.4 Å². The monoisotopic (exact) mass is 700 g/mol. The summed E-state index contributed by atoms with van der Waals surface area (Å²) in [4.78, 5) is 0. The van der Waals surface area contributed by atoms with Gasteiger partial charge in [-0.05, 0) is 35.4 Å². The van der Waals surface area contributed by atoms with E-state index in [4.69, 9.17) is 33.2 Å². The van der Waals surface area contributed by atoms with Crippen molar-refractivity contribution in [2.45, 2.75) is 73.6 Å². The Labute approximate surface area is 281 Å². The third kappa shape index (κ3) is 8.97. The van der Waals surface area contributed by atoms with Crippen molar-refractivity contribution in [2.24, 2.45) is 0 Å². The Hall–Kier alpha value is -3.14. The minimum absolute atomic E-state index is 0.0492. The molecule has 17 heteroatoms. The molecule has 10 N–H and O–H groups in total. The molecule has 0 bridgehead atoms. The van der Waals surface area contributed by atoms with Crippen molar-refractivity contribution in [2.75, 3.05) is 40.6 Å². The van der Waals surface area contributed by atoms with Gasteiger partial charge in [-0.1, -0.05) is 24.3 Å². The van der Waals surface area contributed by atoms with Crippen LogP contribution in [0.3, 0.4) is 0 Å². The van der Waals surface area contributed by atoms with E-state index < -0.39 is 93.4 Å². The molecular weight excluding hydrogens is 656 g/mol. The third-order valence-electron chi connectivity index (χ3n) is 8.13. The van der Waals surface area contributed by atoms with Crippen molar-refractivity contribution in [3.63, 3.8) is 0 Å². The highest BCUT2D eigenvalue weighted by Gasteiger charge is 2.45. The van der Waals surface area contributed by atoms with E-state index in [2.05, 4.69) is 0 Å². The number of rotatable bonds is 15. The zero-order chi connectivity index (χ0) is 35.8. The van der Waals surface area contributed by atoms with Crippen LogP contribution < -0.4 is 18.9 Å². The van der Waals surface area contributed by atoms with Crippen LogP contribution in [0.25, 0.3) is 6.08 Å². The van der Waals surface area contributed by atoms with Gasteiger partial charge in [0, 0.05) is 0 Å². The molecule has 2 aliphatic rings. The summed E-state index contributed by atoms with van der Waals surface area (Å²) in [5, 5.41) is 100. The molecule has 0 spiro atoms. The van der Waals surface area contributed by atoms with Gasteiger partial charge in [0.25, 0.3) is 0 Å². The highest BCUT2D eigenvalue weighted by atomic mass is 16.7. The molecule has 0 unspecified atom stereocenters. The van der Waals surface area contributed by atoms with Crippen LogP contribution in [0.1, 0.15) is 17.2 Å². The lowest BCUT2D eigenvalue weighted by Crippen LogP contribution is -2.60. The van der Waals surface area contributed by atoms with Gasteiger partial charge in [0.05, 0.1) is 40.6 Å². The number of hydrogen-bond donors (Lipinski definition) is 10. The largest absolute Gasteiger partial charge is 0.493 e. The summed E-state index contributed by atoms with van der Waals surface area (Å²) in [7, 11) is 2.73. The van der Waals surface area contributed by atoms with Crippen molar-refractivity contribution < 1.29 is 84.2 Å². The number of hydrogen-bond acceptors (Lipinski definition) is 17. The molecule has 2 aliphatic heterocycles. The minimum Gasteiger partial charge on any atom is -0.493 e. The minimum atomic E-state index is -1.65. The van der Waals surface area contributed by atoms with E-state index >= 15 is 0 Å². The maximum atomic E-state index is 11.1. The first-order chi connectivity index (χ1) is 23.5. The number of ether oxygens (including phenoxy) is 7. The molecule has 2 fully saturated rings. The summed E-state index contributed by atoms with van der Waals surface area (Å²) in [5.41, 5.74) is 0.900. The predicted octanol–water partition coefficient (Wildman–Crippen LogP) is -2.81. The van der Waals surface area contributed by atoms with Gasteiger partial charge in [-0.3, -0.25) is 0 Å². The third-order valence-corrected chi connectivity index (χ3v) is 8.13. The standard InChI is InChI=1S/C32H44O17/c1-43-19-10-15(4-3-9-45-31-29(41)27(39)25(37)22(13-34)48-31)5-7-17(19)46-21(12-33)24(36)16-6-8-18(20(11-16)44-2)47-32-30(42)28(40)26(38)23(14-35)49-32/h3-8,10-11,21-42H,9,12-14H2,1-2H3/t21-,22-,23-,24-,25-,26-,27+,28+,29-,30-,31-,32-/m1/s1. The lowest BCUT2D eigenvalue weighted by Gasteiger charge is -2.39. The molecule has 2 aromatic rings. The second kappa shape index (κ2) is 17.7. The Kier molecular flexibility index (Phi) is 14.0. The molecule has 2 heterocycles. The molecule has 12 atom stereocenters. The smallest absolute Gasteiger partial charge is 0.229 e. The van der Waals surface area contributed by atoms with Crippen LogP contribution in [0.15, 0.2) is 42.5 Å². The average molecular weight is 701 g/mol. The fourth-order valence-corrected chi connectivity index (χ4v) is 5.26. The van der Waals surface area contributed by atoms with E-state index in [1.807, 2.05) is 0 Å². The molecule has 0 aliphatic carbocycles. The molecule has 0 amide bonds. The molecule has 17 nitrogen and oxygen atoms in total. The number of aliphatic hydroxyl groups is 10. The average Bonchev–Trinajstić information content (AvgIpc) is 3.12. The Morgan fingerprint density at radius 1 is 0.694 bits per heavy atom. The van der Waals surface area contributed by atoms with Gasteiger partial charge >= 0.3 is 0 Å². The molecule has 274 valence electrons. The van der Waals surface area contributed by atoms with Crippen molar-refractivity contribution >= 4 is 6.08 Å². The van der Waals surface area contributed by atoms with Crippen LogP contribution in [0.2, 0.25) is 0 Å². The highest BCUT2D eigenvalue weighted by molar-refractivity contribution is 5.56. The van der Waals surface area contributed by atoms with E-state index in [0.29, 0.717) is 5.56 Å². The predicted molar refractivity (Wildman–Crippen MR) is 166 cm³/mol. The van der Waals surface area contributed by atoms with Crippen LogP contribution >= 0.6 is 0 Å². The maximum Gasteiger partial charge on any atom is 0.229 e. The van der Waals surface area contributed by atoms with Gasteiger partial charge in [-0.2, -0.15) is 0 Å². The summed E-state index contributed by atoms with van der Waals surface area (Å²) in [6.45, 7) is -1.87. The second-order valence-electron chi connectivity index (χ2n) is 11.4. The van der Waals surface area contributed by atoms with Crippen LogP contribution in [0, 0.1) is 0 Å². The van der Waals surface area contributed by atoms with E-state index in [9.17, 15) is 51.1 Å². The van der Waals surface area contributed by atoms with Crippen LogP contribution in [0.5, 0.6) is 23.0 Å². The fourth-order valence-electron chi connectivity index (χ4n) is 5.26. The summed E-state index contributed by atoms with van der Waals surface area (Å²) in [6, 6.07) is 9.11. The van der Waals surface area contributed by atoms with Crippen LogP contribution in [0.4, 0.5) is 0 Å². The summed E-state index contributed by atoms with van der Waals surface area (Å²) in [6.07, 6.45) is -13.8. The van der Waals surface area contributed by atoms with Gasteiger partial charge in [-0.15, -0.1) is 0 Å². The summed E-state index contributed by atoms with van der Waals surface area (Å²) < 4.78 is 38.5. The van der Waals surface area contributed by atoms with Crippen molar-refractivity contribution in [3.8, 4) is 23.0 Å². The Morgan fingerprint density at radius 3 is 1.86 bits per heavy atom. The maximum absolute atomic E-state index is 11.1. The molecule has 0 saturated carbocycles. The summed E-state index contributed by atoms with van der Waals surface area (Å²) in [5.74, 6) is 0.607. The number of benzene rings is 2. The first kappa shape index (κ1) is 38.7. The van der Waals surface area contributed by atoms with Crippen molar-refractivity contribution in [3.05, 3.63) is 53.6 Å². The van der Waals surface area contributed by atoms with E-state index in [0.717, 1.165) is 0 Å². The Bertz CT molecular complexity index is 1350. The molecule has 2 saturated heterocycles. The molecule has 0 aromatic heterocycles.